The van der Waals surface area contributed by atoms with E-state index in [0.717, 1.165) is 12.8 Å². The van der Waals surface area contributed by atoms with Gasteiger partial charge in [0, 0.05) is 19.8 Å². The third-order valence-corrected chi connectivity index (χ3v) is 2.68. The molecule has 0 aliphatic heterocycles. The molecule has 1 saturated carbocycles. The second kappa shape index (κ2) is 5.32. The van der Waals surface area contributed by atoms with E-state index in [9.17, 15) is 4.79 Å². The van der Waals surface area contributed by atoms with Crippen LogP contribution in [-0.4, -0.2) is 36.9 Å². The molecule has 2 N–H and O–H groups in total. The normalized spacial score (nSPS) is 20.2. The summed E-state index contributed by atoms with van der Waals surface area (Å²) in [6.07, 6.45) is 2.56. The number of hydrogen-bond donors (Lipinski definition) is 2. The lowest BCUT2D eigenvalue weighted by molar-refractivity contribution is -0.131. The molecule has 0 aromatic carbocycles. The number of aliphatic hydroxyl groups is 1. The summed E-state index contributed by atoms with van der Waals surface area (Å²) in [6, 6.07) is 0.130. The SMILES string of the molecule is COC(C)C(=O)NC(CCO)C1CC1. The second-order valence-electron chi connectivity index (χ2n) is 3.84. The number of nitrogens with one attached hydrogen (secondary N) is 1. The molecule has 1 amide bonds. The summed E-state index contributed by atoms with van der Waals surface area (Å²) in [5, 5.41) is 11.7. The maximum absolute atomic E-state index is 11.5. The maximum atomic E-state index is 11.5. The minimum Gasteiger partial charge on any atom is -0.396 e. The van der Waals surface area contributed by atoms with E-state index in [0.29, 0.717) is 12.3 Å². The average molecular weight is 201 g/mol. The van der Waals surface area contributed by atoms with Gasteiger partial charge in [-0.15, -0.1) is 0 Å². The van der Waals surface area contributed by atoms with E-state index < -0.39 is 6.10 Å². The molecular weight excluding hydrogens is 182 g/mol. The number of ether oxygens (including phenoxy) is 1. The quantitative estimate of drug-likeness (QED) is 0.649. The molecule has 0 aromatic rings. The molecule has 0 bridgehead atoms. The van der Waals surface area contributed by atoms with Crippen molar-refractivity contribution in [2.24, 2.45) is 5.92 Å². The highest BCUT2D eigenvalue weighted by molar-refractivity contribution is 5.80. The van der Waals surface area contributed by atoms with E-state index >= 15 is 0 Å². The van der Waals surface area contributed by atoms with Crippen LogP contribution in [-0.2, 0) is 9.53 Å². The Kier molecular flexibility index (Phi) is 4.35. The predicted octanol–water partition coefficient (Wildman–Crippen LogP) is 0.298. The number of amides is 1. The standard InChI is InChI=1S/C10H19NO3/c1-7(14-2)10(13)11-9(5-6-12)8-3-4-8/h7-9,12H,3-6H2,1-2H3,(H,11,13). The lowest BCUT2D eigenvalue weighted by Gasteiger charge is -2.19. The van der Waals surface area contributed by atoms with Crippen LogP contribution in [0.4, 0.5) is 0 Å². The number of carbonyl (C=O) groups is 1. The van der Waals surface area contributed by atoms with Gasteiger partial charge in [-0.05, 0) is 32.1 Å². The molecule has 1 fully saturated rings. The molecule has 2 atom stereocenters. The van der Waals surface area contributed by atoms with Crippen molar-refractivity contribution >= 4 is 5.91 Å². The van der Waals surface area contributed by atoms with Crippen LogP contribution in [0, 0.1) is 5.92 Å². The van der Waals surface area contributed by atoms with Crippen LogP contribution in [0.15, 0.2) is 0 Å². The van der Waals surface area contributed by atoms with Crippen LogP contribution in [0.5, 0.6) is 0 Å². The van der Waals surface area contributed by atoms with Crippen molar-refractivity contribution in [3.8, 4) is 0 Å². The van der Waals surface area contributed by atoms with Gasteiger partial charge in [0.15, 0.2) is 0 Å². The first-order chi connectivity index (χ1) is 6.69. The first-order valence-electron chi connectivity index (χ1n) is 5.13. The van der Waals surface area contributed by atoms with Crippen molar-refractivity contribution in [2.75, 3.05) is 13.7 Å². The highest BCUT2D eigenvalue weighted by Crippen LogP contribution is 2.33. The lowest BCUT2D eigenvalue weighted by Crippen LogP contribution is -2.42. The van der Waals surface area contributed by atoms with Gasteiger partial charge in [0.2, 0.25) is 5.91 Å². The van der Waals surface area contributed by atoms with Gasteiger partial charge in [-0.25, -0.2) is 0 Å². The molecule has 14 heavy (non-hydrogen) atoms. The van der Waals surface area contributed by atoms with Crippen LogP contribution in [0.1, 0.15) is 26.2 Å². The Morgan fingerprint density at radius 3 is 2.71 bits per heavy atom. The van der Waals surface area contributed by atoms with Gasteiger partial charge in [-0.3, -0.25) is 4.79 Å². The fourth-order valence-corrected chi connectivity index (χ4v) is 1.47. The Morgan fingerprint density at radius 2 is 2.29 bits per heavy atom. The fraction of sp³-hybridized carbons (Fsp3) is 0.900. The maximum Gasteiger partial charge on any atom is 0.249 e. The van der Waals surface area contributed by atoms with Crippen molar-refractivity contribution < 1.29 is 14.6 Å². The Hall–Kier alpha value is -0.610. The molecule has 4 heteroatoms. The zero-order valence-electron chi connectivity index (χ0n) is 8.82. The number of methoxy groups -OCH3 is 1. The Labute approximate surface area is 84.6 Å². The molecule has 0 spiro atoms. The summed E-state index contributed by atoms with van der Waals surface area (Å²) < 4.78 is 4.92. The molecule has 82 valence electrons. The molecule has 0 heterocycles. The van der Waals surface area contributed by atoms with Crippen LogP contribution in [0.25, 0.3) is 0 Å². The highest BCUT2D eigenvalue weighted by atomic mass is 16.5. The fourth-order valence-electron chi connectivity index (χ4n) is 1.47. The Balaban J connectivity index is 2.34. The van der Waals surface area contributed by atoms with Crippen molar-refractivity contribution in [2.45, 2.75) is 38.3 Å². The molecule has 1 aliphatic rings. The summed E-state index contributed by atoms with van der Waals surface area (Å²) in [7, 11) is 1.52. The molecule has 4 nitrogen and oxygen atoms in total. The molecule has 2 unspecified atom stereocenters. The summed E-state index contributed by atoms with van der Waals surface area (Å²) in [5.41, 5.74) is 0. The zero-order valence-corrected chi connectivity index (χ0v) is 8.82. The summed E-state index contributed by atoms with van der Waals surface area (Å²) in [5.74, 6) is 0.480. The Morgan fingerprint density at radius 1 is 1.64 bits per heavy atom. The molecule has 1 aliphatic carbocycles. The van der Waals surface area contributed by atoms with E-state index in [-0.39, 0.29) is 18.6 Å². The van der Waals surface area contributed by atoms with Crippen molar-refractivity contribution in [3.63, 3.8) is 0 Å². The zero-order chi connectivity index (χ0) is 10.6. The van der Waals surface area contributed by atoms with E-state index in [2.05, 4.69) is 5.32 Å². The smallest absolute Gasteiger partial charge is 0.249 e. The van der Waals surface area contributed by atoms with Gasteiger partial charge in [0.25, 0.3) is 0 Å². The number of aliphatic hydroxyl groups excluding tert-OH is 1. The second-order valence-corrected chi connectivity index (χ2v) is 3.84. The van der Waals surface area contributed by atoms with Gasteiger partial charge < -0.3 is 15.2 Å². The van der Waals surface area contributed by atoms with Crippen LogP contribution in [0.2, 0.25) is 0 Å². The van der Waals surface area contributed by atoms with Crippen molar-refractivity contribution in [1.82, 2.24) is 5.32 Å². The van der Waals surface area contributed by atoms with Crippen molar-refractivity contribution in [1.29, 1.82) is 0 Å². The highest BCUT2D eigenvalue weighted by Gasteiger charge is 2.32. The average Bonchev–Trinajstić information content (AvgIpc) is 2.99. The van der Waals surface area contributed by atoms with E-state index in [1.807, 2.05) is 0 Å². The van der Waals surface area contributed by atoms with Crippen LogP contribution in [0.3, 0.4) is 0 Å². The number of carbonyl (C=O) groups excluding carboxylic acids is 1. The summed E-state index contributed by atoms with van der Waals surface area (Å²) >= 11 is 0. The monoisotopic (exact) mass is 201 g/mol. The van der Waals surface area contributed by atoms with Crippen LogP contribution < -0.4 is 5.32 Å². The van der Waals surface area contributed by atoms with E-state index in [1.165, 1.54) is 7.11 Å². The predicted molar refractivity (Wildman–Crippen MR) is 52.8 cm³/mol. The third kappa shape index (κ3) is 3.27. The molecule has 1 rings (SSSR count). The third-order valence-electron chi connectivity index (χ3n) is 2.68. The topological polar surface area (TPSA) is 58.6 Å². The minimum absolute atomic E-state index is 0.0853. The molecule has 0 radical (unpaired) electrons. The largest absolute Gasteiger partial charge is 0.396 e. The van der Waals surface area contributed by atoms with Crippen LogP contribution >= 0.6 is 0 Å². The summed E-state index contributed by atoms with van der Waals surface area (Å²) in [6.45, 7) is 1.85. The number of rotatable bonds is 6. The minimum atomic E-state index is -0.407. The molecule has 0 aromatic heterocycles. The van der Waals surface area contributed by atoms with E-state index in [4.69, 9.17) is 9.84 Å². The van der Waals surface area contributed by atoms with Gasteiger partial charge in [-0.2, -0.15) is 0 Å². The lowest BCUT2D eigenvalue weighted by atomic mass is 10.1. The van der Waals surface area contributed by atoms with E-state index in [1.54, 1.807) is 6.92 Å². The van der Waals surface area contributed by atoms with Gasteiger partial charge in [-0.1, -0.05) is 0 Å². The van der Waals surface area contributed by atoms with Gasteiger partial charge >= 0.3 is 0 Å². The Bertz CT molecular complexity index is 192. The molecular formula is C10H19NO3. The first kappa shape index (κ1) is 11.5. The van der Waals surface area contributed by atoms with Gasteiger partial charge in [0.05, 0.1) is 0 Å². The summed E-state index contributed by atoms with van der Waals surface area (Å²) in [4.78, 5) is 11.5. The molecule has 0 saturated heterocycles. The first-order valence-corrected chi connectivity index (χ1v) is 5.13. The number of hydrogen-bond acceptors (Lipinski definition) is 3. The van der Waals surface area contributed by atoms with Gasteiger partial charge in [0.1, 0.15) is 6.10 Å². The van der Waals surface area contributed by atoms with Crippen molar-refractivity contribution in [3.05, 3.63) is 0 Å².